The van der Waals surface area contributed by atoms with Crippen LogP contribution in [0.2, 0.25) is 0 Å². The van der Waals surface area contributed by atoms with Gasteiger partial charge in [-0.3, -0.25) is 0 Å². The van der Waals surface area contributed by atoms with E-state index in [1.54, 1.807) is 12.7 Å². The molecule has 0 spiro atoms. The van der Waals surface area contributed by atoms with Crippen LogP contribution in [0, 0.1) is 6.92 Å². The third-order valence-corrected chi connectivity index (χ3v) is 1.27. The molecule has 0 aliphatic heterocycles. The van der Waals surface area contributed by atoms with Crippen molar-refractivity contribution in [1.29, 1.82) is 0 Å². The fourth-order valence-electron chi connectivity index (χ4n) is 0.695. The van der Waals surface area contributed by atoms with Gasteiger partial charge in [0.15, 0.2) is 0 Å². The summed E-state index contributed by atoms with van der Waals surface area (Å²) in [6, 6.07) is 0. The molecule has 48 valence electrons. The molecule has 0 saturated carbocycles. The van der Waals surface area contributed by atoms with Crippen LogP contribution in [0.1, 0.15) is 12.7 Å². The maximum atomic E-state index is 4.00. The molecule has 0 atom stereocenters. The Balaban J connectivity index is 3.01. The predicted molar refractivity (Wildman–Crippen MR) is 32.6 cm³/mol. The van der Waals surface area contributed by atoms with Crippen molar-refractivity contribution in [1.82, 2.24) is 9.97 Å². The molecule has 1 aromatic rings. The summed E-state index contributed by atoms with van der Waals surface area (Å²) in [6.45, 7) is 4.97. The van der Waals surface area contributed by atoms with Gasteiger partial charge in [-0.2, -0.15) is 0 Å². The smallest absolute Gasteiger partial charge is 0.238 e. The predicted octanol–water partition coefficient (Wildman–Crippen LogP) is 0.0924. The summed E-state index contributed by atoms with van der Waals surface area (Å²) >= 11 is 0. The van der Waals surface area contributed by atoms with Gasteiger partial charge in [0.25, 0.3) is 6.33 Å². The topological polar surface area (TPSA) is 29.7 Å². The Hall–Kier alpha value is -0.990. The molecule has 0 bridgehead atoms. The van der Waals surface area contributed by atoms with Crippen LogP contribution in [0.25, 0.3) is 0 Å². The minimum atomic E-state index is 0.937. The molecule has 3 nitrogen and oxygen atoms in total. The Kier molecular flexibility index (Phi) is 1.72. The zero-order chi connectivity index (χ0) is 6.69. The zero-order valence-electron chi connectivity index (χ0n) is 5.70. The lowest BCUT2D eigenvalue weighted by atomic mass is 10.6. The first-order valence-electron chi connectivity index (χ1n) is 3.00. The van der Waals surface area contributed by atoms with Gasteiger partial charge in [-0.25, -0.2) is 4.57 Å². The van der Waals surface area contributed by atoms with Gasteiger partial charge in [-0.15, -0.1) is 0 Å². The minimum absolute atomic E-state index is 0.937. The first kappa shape index (κ1) is 6.13. The maximum Gasteiger partial charge on any atom is 0.264 e. The Labute approximate surface area is 54.4 Å². The van der Waals surface area contributed by atoms with E-state index in [-0.39, 0.29) is 0 Å². The molecule has 0 radical (unpaired) electrons. The third kappa shape index (κ3) is 1.22. The highest BCUT2D eigenvalue weighted by molar-refractivity contribution is 4.62. The van der Waals surface area contributed by atoms with Crippen LogP contribution in [0.4, 0.5) is 0 Å². The standard InChI is InChI=1S/C6H10N3/c1-3-9-5-7-4-8-6(9)2/h4-5H,3H2,1-2H3/q+1. The zero-order valence-corrected chi connectivity index (χ0v) is 5.70. The normalized spacial score (nSPS) is 9.56. The van der Waals surface area contributed by atoms with Crippen molar-refractivity contribution < 1.29 is 4.57 Å². The van der Waals surface area contributed by atoms with Crippen LogP contribution in [0.5, 0.6) is 0 Å². The van der Waals surface area contributed by atoms with E-state index in [0.29, 0.717) is 0 Å². The van der Waals surface area contributed by atoms with E-state index in [1.807, 2.05) is 11.5 Å². The van der Waals surface area contributed by atoms with Crippen LogP contribution in [0.3, 0.4) is 0 Å². The average Bonchev–Trinajstić information content (AvgIpc) is 1.89. The van der Waals surface area contributed by atoms with Crippen molar-refractivity contribution in [3.63, 3.8) is 0 Å². The molecular formula is C6H10N3+. The summed E-state index contributed by atoms with van der Waals surface area (Å²) in [5, 5.41) is 0. The molecule has 0 aromatic carbocycles. The monoisotopic (exact) mass is 124 g/mol. The van der Waals surface area contributed by atoms with E-state index in [2.05, 4.69) is 16.9 Å². The summed E-state index contributed by atoms with van der Waals surface area (Å²) < 4.78 is 1.99. The molecule has 0 saturated heterocycles. The Bertz CT molecular complexity index is 197. The van der Waals surface area contributed by atoms with Crippen molar-refractivity contribution in [2.75, 3.05) is 0 Å². The van der Waals surface area contributed by atoms with E-state index in [1.165, 1.54) is 0 Å². The second-order valence-electron chi connectivity index (χ2n) is 1.84. The number of hydrogen-bond donors (Lipinski definition) is 0. The molecule has 0 amide bonds. The largest absolute Gasteiger partial charge is 0.264 e. The Morgan fingerprint density at radius 3 is 2.89 bits per heavy atom. The van der Waals surface area contributed by atoms with E-state index >= 15 is 0 Å². The molecule has 9 heavy (non-hydrogen) atoms. The highest BCUT2D eigenvalue weighted by Gasteiger charge is 1.97. The van der Waals surface area contributed by atoms with Crippen molar-refractivity contribution in [3.8, 4) is 0 Å². The average molecular weight is 124 g/mol. The van der Waals surface area contributed by atoms with Gasteiger partial charge in [0, 0.05) is 6.92 Å². The second-order valence-corrected chi connectivity index (χ2v) is 1.84. The summed E-state index contributed by atoms with van der Waals surface area (Å²) in [5.74, 6) is 1.01. The molecule has 0 unspecified atom stereocenters. The van der Waals surface area contributed by atoms with Gasteiger partial charge in [-0.05, 0) is 6.92 Å². The fourth-order valence-corrected chi connectivity index (χ4v) is 0.695. The summed E-state index contributed by atoms with van der Waals surface area (Å²) in [4.78, 5) is 7.87. The molecule has 1 heterocycles. The maximum absolute atomic E-state index is 4.00. The van der Waals surface area contributed by atoms with Gasteiger partial charge >= 0.3 is 0 Å². The molecule has 0 fully saturated rings. The SMILES string of the molecule is CC[n+]1cncnc1C. The third-order valence-electron chi connectivity index (χ3n) is 1.27. The number of nitrogens with zero attached hydrogens (tertiary/aromatic N) is 3. The van der Waals surface area contributed by atoms with E-state index in [4.69, 9.17) is 0 Å². The van der Waals surface area contributed by atoms with Crippen LogP contribution >= 0.6 is 0 Å². The fraction of sp³-hybridized carbons (Fsp3) is 0.500. The molecular weight excluding hydrogens is 114 g/mol. The number of aryl methyl sites for hydroxylation is 2. The van der Waals surface area contributed by atoms with E-state index in [0.717, 1.165) is 12.4 Å². The lowest BCUT2D eigenvalue weighted by molar-refractivity contribution is -0.705. The highest BCUT2D eigenvalue weighted by Crippen LogP contribution is 1.75. The molecule has 0 aliphatic rings. The number of hydrogen-bond acceptors (Lipinski definition) is 2. The molecule has 1 aromatic heterocycles. The van der Waals surface area contributed by atoms with Crippen molar-refractivity contribution >= 4 is 0 Å². The molecule has 3 heteroatoms. The first-order chi connectivity index (χ1) is 4.34. The Morgan fingerprint density at radius 2 is 2.44 bits per heavy atom. The van der Waals surface area contributed by atoms with Crippen molar-refractivity contribution in [2.24, 2.45) is 0 Å². The molecule has 0 N–H and O–H groups in total. The first-order valence-corrected chi connectivity index (χ1v) is 3.00. The van der Waals surface area contributed by atoms with E-state index in [9.17, 15) is 0 Å². The number of aromatic nitrogens is 3. The van der Waals surface area contributed by atoms with Crippen LogP contribution in [-0.2, 0) is 6.54 Å². The van der Waals surface area contributed by atoms with Crippen molar-refractivity contribution in [2.45, 2.75) is 20.4 Å². The lowest BCUT2D eigenvalue weighted by Gasteiger charge is -1.93. The van der Waals surface area contributed by atoms with Crippen LogP contribution in [-0.4, -0.2) is 9.97 Å². The quantitative estimate of drug-likeness (QED) is 0.497. The lowest BCUT2D eigenvalue weighted by Crippen LogP contribution is -2.36. The Morgan fingerprint density at radius 1 is 1.67 bits per heavy atom. The van der Waals surface area contributed by atoms with Gasteiger partial charge in [0.1, 0.15) is 0 Å². The summed E-state index contributed by atoms with van der Waals surface area (Å²) in [6.07, 6.45) is 3.34. The van der Waals surface area contributed by atoms with Crippen LogP contribution < -0.4 is 4.57 Å². The second kappa shape index (κ2) is 2.53. The van der Waals surface area contributed by atoms with Gasteiger partial charge in [-0.1, -0.05) is 9.97 Å². The van der Waals surface area contributed by atoms with Gasteiger partial charge in [0.2, 0.25) is 12.2 Å². The van der Waals surface area contributed by atoms with Gasteiger partial charge < -0.3 is 0 Å². The minimum Gasteiger partial charge on any atom is -0.238 e. The molecule has 0 aliphatic carbocycles. The van der Waals surface area contributed by atoms with Gasteiger partial charge in [0.05, 0.1) is 6.54 Å². The number of rotatable bonds is 1. The van der Waals surface area contributed by atoms with Crippen molar-refractivity contribution in [3.05, 3.63) is 18.5 Å². The summed E-state index contributed by atoms with van der Waals surface area (Å²) in [5.41, 5.74) is 0. The van der Waals surface area contributed by atoms with E-state index < -0.39 is 0 Å². The van der Waals surface area contributed by atoms with Crippen LogP contribution in [0.15, 0.2) is 12.7 Å². The molecule has 1 rings (SSSR count). The highest BCUT2D eigenvalue weighted by atomic mass is 15.1. The summed E-state index contributed by atoms with van der Waals surface area (Å²) in [7, 11) is 0.